The van der Waals surface area contributed by atoms with E-state index in [9.17, 15) is 4.79 Å². The zero-order chi connectivity index (χ0) is 20.6. The number of halogens is 1. The highest BCUT2D eigenvalue weighted by atomic mass is 79.9. The molecule has 0 aliphatic rings. The molecule has 1 aromatic heterocycles. The summed E-state index contributed by atoms with van der Waals surface area (Å²) >= 11 is 3.55. The molecule has 0 atom stereocenters. The molecule has 0 aliphatic carbocycles. The average molecular weight is 458 g/mol. The van der Waals surface area contributed by atoms with Gasteiger partial charge in [0, 0.05) is 22.9 Å². The normalized spacial score (nSPS) is 10.7. The Morgan fingerprint density at radius 3 is 2.66 bits per heavy atom. The van der Waals surface area contributed by atoms with Gasteiger partial charge in [-0.15, -0.1) is 0 Å². The monoisotopic (exact) mass is 457 g/mol. The Balaban J connectivity index is 1.54. The van der Waals surface area contributed by atoms with E-state index in [0.717, 1.165) is 32.8 Å². The zero-order valence-corrected chi connectivity index (χ0v) is 18.2. The highest BCUT2D eigenvalue weighted by Gasteiger charge is 2.12. The molecule has 0 saturated carbocycles. The van der Waals surface area contributed by atoms with E-state index in [1.807, 2.05) is 62.4 Å². The van der Waals surface area contributed by atoms with Gasteiger partial charge >= 0.3 is 5.97 Å². The number of nitrogens with zero attached hydrogens (tertiary/aromatic N) is 1. The summed E-state index contributed by atoms with van der Waals surface area (Å²) in [4.78, 5) is 16.1. The van der Waals surface area contributed by atoms with Crippen molar-refractivity contribution in [3.05, 3.63) is 70.0 Å². The third kappa shape index (κ3) is 5.94. The molecule has 3 aromatic rings. The zero-order valence-electron chi connectivity index (χ0n) is 16.6. The minimum absolute atomic E-state index is 0.183. The lowest BCUT2D eigenvalue weighted by atomic mass is 10.1. The molecular formula is C23H24BrNO4. The van der Waals surface area contributed by atoms with E-state index in [-0.39, 0.29) is 5.97 Å². The number of carbonyl (C=O) groups is 1. The maximum Gasteiger partial charge on any atom is 0.306 e. The number of hydrogen-bond donors (Lipinski definition) is 0. The number of aryl methyl sites for hydroxylation is 2. The molecule has 0 aliphatic heterocycles. The van der Waals surface area contributed by atoms with Crippen LogP contribution >= 0.6 is 15.9 Å². The number of ether oxygens (including phenoxy) is 2. The van der Waals surface area contributed by atoms with Crippen LogP contribution in [0.3, 0.4) is 0 Å². The number of aromatic nitrogens is 1. The van der Waals surface area contributed by atoms with Gasteiger partial charge in [-0.3, -0.25) is 4.79 Å². The van der Waals surface area contributed by atoms with Crippen LogP contribution < -0.4 is 4.74 Å². The quantitative estimate of drug-likeness (QED) is 0.395. The molecule has 6 heteroatoms. The summed E-state index contributed by atoms with van der Waals surface area (Å²) in [6.07, 6.45) is 1.65. The summed E-state index contributed by atoms with van der Waals surface area (Å²) in [7, 11) is 0. The van der Waals surface area contributed by atoms with Crippen molar-refractivity contribution >= 4 is 21.9 Å². The third-order valence-corrected chi connectivity index (χ3v) is 5.19. The van der Waals surface area contributed by atoms with Crippen molar-refractivity contribution in [1.29, 1.82) is 0 Å². The van der Waals surface area contributed by atoms with Gasteiger partial charge in [-0.1, -0.05) is 40.2 Å². The SMILES string of the molecule is CCOC(=O)CCc1ccc(OCCc2nc(-c3ccccc3)oc2C)cc1Br. The van der Waals surface area contributed by atoms with Crippen molar-refractivity contribution in [3.63, 3.8) is 0 Å². The van der Waals surface area contributed by atoms with Gasteiger partial charge in [0.15, 0.2) is 0 Å². The van der Waals surface area contributed by atoms with Crippen molar-refractivity contribution in [2.24, 2.45) is 0 Å². The largest absolute Gasteiger partial charge is 0.493 e. The summed E-state index contributed by atoms with van der Waals surface area (Å²) in [5.41, 5.74) is 2.91. The fraction of sp³-hybridized carbons (Fsp3) is 0.304. The van der Waals surface area contributed by atoms with E-state index in [0.29, 0.717) is 38.4 Å². The van der Waals surface area contributed by atoms with Gasteiger partial charge in [0.2, 0.25) is 5.89 Å². The maximum absolute atomic E-state index is 11.5. The standard InChI is InChI=1S/C23H24BrNO4/c1-3-27-22(26)12-10-17-9-11-19(15-20(17)24)28-14-13-21-16(2)29-23(25-21)18-7-5-4-6-8-18/h4-9,11,15H,3,10,12-14H2,1-2H3. The van der Waals surface area contributed by atoms with Crippen LogP contribution in [-0.2, 0) is 22.4 Å². The second-order valence-corrected chi connectivity index (χ2v) is 7.40. The van der Waals surface area contributed by atoms with Crippen molar-refractivity contribution < 1.29 is 18.7 Å². The maximum atomic E-state index is 11.5. The van der Waals surface area contributed by atoms with E-state index in [2.05, 4.69) is 20.9 Å². The van der Waals surface area contributed by atoms with Crippen LogP contribution in [0.1, 0.15) is 30.4 Å². The first-order valence-corrected chi connectivity index (χ1v) is 10.4. The van der Waals surface area contributed by atoms with Gasteiger partial charge in [0.05, 0.1) is 18.9 Å². The molecule has 0 spiro atoms. The number of rotatable bonds is 9. The van der Waals surface area contributed by atoms with E-state index in [4.69, 9.17) is 13.9 Å². The molecule has 3 rings (SSSR count). The molecule has 29 heavy (non-hydrogen) atoms. The van der Waals surface area contributed by atoms with Crippen molar-refractivity contribution in [3.8, 4) is 17.2 Å². The summed E-state index contributed by atoms with van der Waals surface area (Å²) in [6, 6.07) is 15.7. The summed E-state index contributed by atoms with van der Waals surface area (Å²) in [5, 5.41) is 0. The van der Waals surface area contributed by atoms with Gasteiger partial charge in [-0.05, 0) is 50.1 Å². The lowest BCUT2D eigenvalue weighted by Gasteiger charge is -2.09. The van der Waals surface area contributed by atoms with Gasteiger partial charge in [0.25, 0.3) is 0 Å². The number of benzene rings is 2. The highest BCUT2D eigenvalue weighted by molar-refractivity contribution is 9.10. The average Bonchev–Trinajstić information content (AvgIpc) is 3.09. The molecule has 0 saturated heterocycles. The fourth-order valence-corrected chi connectivity index (χ4v) is 3.48. The Labute approximate surface area is 179 Å². The van der Waals surface area contributed by atoms with Crippen LogP contribution in [0.2, 0.25) is 0 Å². The lowest BCUT2D eigenvalue weighted by molar-refractivity contribution is -0.143. The summed E-state index contributed by atoms with van der Waals surface area (Å²) < 4.78 is 17.6. The van der Waals surface area contributed by atoms with Gasteiger partial charge in [-0.2, -0.15) is 0 Å². The molecule has 0 bridgehead atoms. The van der Waals surface area contributed by atoms with Crippen LogP contribution in [0.15, 0.2) is 57.4 Å². The highest BCUT2D eigenvalue weighted by Crippen LogP contribution is 2.25. The smallest absolute Gasteiger partial charge is 0.306 e. The molecule has 0 amide bonds. The molecule has 0 fully saturated rings. The van der Waals surface area contributed by atoms with E-state index < -0.39 is 0 Å². The summed E-state index contributed by atoms with van der Waals surface area (Å²) in [5.74, 6) is 2.02. The number of esters is 1. The Morgan fingerprint density at radius 2 is 1.93 bits per heavy atom. The molecule has 0 N–H and O–H groups in total. The molecule has 5 nitrogen and oxygen atoms in total. The Bertz CT molecular complexity index is 953. The minimum Gasteiger partial charge on any atom is -0.493 e. The van der Waals surface area contributed by atoms with Crippen LogP contribution in [0.4, 0.5) is 0 Å². The summed E-state index contributed by atoms with van der Waals surface area (Å²) in [6.45, 7) is 4.63. The number of carbonyl (C=O) groups excluding carboxylic acids is 1. The first-order valence-electron chi connectivity index (χ1n) is 9.65. The Kier molecular flexibility index (Phi) is 7.47. The third-order valence-electron chi connectivity index (χ3n) is 4.45. The molecular weight excluding hydrogens is 434 g/mol. The minimum atomic E-state index is -0.183. The molecule has 152 valence electrons. The first-order chi connectivity index (χ1) is 14.1. The van der Waals surface area contributed by atoms with Crippen LogP contribution in [-0.4, -0.2) is 24.2 Å². The Hall–Kier alpha value is -2.60. The van der Waals surface area contributed by atoms with Crippen LogP contribution in [0.25, 0.3) is 11.5 Å². The van der Waals surface area contributed by atoms with E-state index in [1.165, 1.54) is 0 Å². The molecule has 0 radical (unpaired) electrons. The predicted octanol–water partition coefficient (Wildman–Crippen LogP) is 5.53. The van der Waals surface area contributed by atoms with E-state index in [1.54, 1.807) is 0 Å². The van der Waals surface area contributed by atoms with Gasteiger partial charge in [-0.25, -0.2) is 4.98 Å². The second-order valence-electron chi connectivity index (χ2n) is 6.54. The van der Waals surface area contributed by atoms with E-state index >= 15 is 0 Å². The molecule has 2 aromatic carbocycles. The molecule has 1 heterocycles. The Morgan fingerprint density at radius 1 is 1.14 bits per heavy atom. The van der Waals surface area contributed by atoms with Crippen molar-refractivity contribution in [2.45, 2.75) is 33.1 Å². The first kappa shape index (κ1) is 21.1. The van der Waals surface area contributed by atoms with Gasteiger partial charge < -0.3 is 13.9 Å². The fourth-order valence-electron chi connectivity index (χ4n) is 2.92. The lowest BCUT2D eigenvalue weighted by Crippen LogP contribution is -2.06. The number of oxazole rings is 1. The predicted molar refractivity (Wildman–Crippen MR) is 115 cm³/mol. The topological polar surface area (TPSA) is 61.6 Å². The van der Waals surface area contributed by atoms with Crippen molar-refractivity contribution in [2.75, 3.05) is 13.2 Å². The van der Waals surface area contributed by atoms with Crippen LogP contribution in [0.5, 0.6) is 5.75 Å². The second kappa shape index (κ2) is 10.3. The van der Waals surface area contributed by atoms with Gasteiger partial charge in [0.1, 0.15) is 11.5 Å². The van der Waals surface area contributed by atoms with Crippen LogP contribution in [0, 0.1) is 6.92 Å². The number of hydrogen-bond acceptors (Lipinski definition) is 5. The van der Waals surface area contributed by atoms with Crippen molar-refractivity contribution in [1.82, 2.24) is 4.98 Å². The molecule has 0 unspecified atom stereocenters.